The molecule has 10 nitrogen and oxygen atoms in total. The summed E-state index contributed by atoms with van der Waals surface area (Å²) in [5, 5.41) is 2.15. The fourth-order valence-electron chi connectivity index (χ4n) is 2.58. The Labute approximate surface area is 195 Å². The molecule has 0 aliphatic carbocycles. The van der Waals surface area contributed by atoms with Gasteiger partial charge in [-0.15, -0.1) is 0 Å². The van der Waals surface area contributed by atoms with E-state index in [9.17, 15) is 37.1 Å². The standard InChI is InChI=1S/C22H18F3NO9/c1-11(27)33-17-7-14(8-18(34-12(2)28)20(17)35-13(3)29)21(31)32-10-19(30)26-16-6-4-5-15(9-16)22(23,24)25/h4-9H,10H2,1-3H3,(H,26,30). The van der Waals surface area contributed by atoms with Crippen LogP contribution < -0.4 is 19.5 Å². The van der Waals surface area contributed by atoms with Crippen LogP contribution >= 0.6 is 0 Å². The lowest BCUT2D eigenvalue weighted by molar-refractivity contribution is -0.137. The number of hydrogen-bond acceptors (Lipinski definition) is 9. The summed E-state index contributed by atoms with van der Waals surface area (Å²) in [4.78, 5) is 58.8. The first-order chi connectivity index (χ1) is 16.3. The van der Waals surface area contributed by atoms with Crippen LogP contribution in [0.2, 0.25) is 0 Å². The van der Waals surface area contributed by atoms with Crippen molar-refractivity contribution in [2.75, 3.05) is 11.9 Å². The highest BCUT2D eigenvalue weighted by Gasteiger charge is 2.30. The Morgan fingerprint density at radius 1 is 0.829 bits per heavy atom. The summed E-state index contributed by atoms with van der Waals surface area (Å²) in [6, 6.07) is 5.70. The van der Waals surface area contributed by atoms with Gasteiger partial charge in [-0.05, 0) is 30.3 Å². The third-order valence-electron chi connectivity index (χ3n) is 3.82. The highest BCUT2D eigenvalue weighted by Crippen LogP contribution is 2.39. The topological polar surface area (TPSA) is 134 Å². The molecule has 0 saturated heterocycles. The summed E-state index contributed by atoms with van der Waals surface area (Å²) in [7, 11) is 0. The lowest BCUT2D eigenvalue weighted by Gasteiger charge is -2.15. The van der Waals surface area contributed by atoms with Crippen LogP contribution in [0.5, 0.6) is 17.2 Å². The van der Waals surface area contributed by atoms with E-state index in [4.69, 9.17) is 18.9 Å². The highest BCUT2D eigenvalue weighted by atomic mass is 19.4. The molecule has 2 aromatic rings. The number of ether oxygens (including phenoxy) is 4. The molecule has 0 saturated carbocycles. The van der Waals surface area contributed by atoms with Gasteiger partial charge in [-0.25, -0.2) is 4.79 Å². The molecule has 0 aliphatic heterocycles. The summed E-state index contributed by atoms with van der Waals surface area (Å²) in [6.45, 7) is 2.17. The van der Waals surface area contributed by atoms with Crippen molar-refractivity contribution in [3.8, 4) is 17.2 Å². The minimum absolute atomic E-state index is 0.180. The Bertz CT molecular complexity index is 1140. The van der Waals surface area contributed by atoms with E-state index in [1.54, 1.807) is 0 Å². The Kier molecular flexibility index (Phi) is 8.54. The van der Waals surface area contributed by atoms with Crippen LogP contribution in [0.15, 0.2) is 36.4 Å². The monoisotopic (exact) mass is 497 g/mol. The fraction of sp³-hybridized carbons (Fsp3) is 0.227. The maximum absolute atomic E-state index is 12.8. The largest absolute Gasteiger partial charge is 0.452 e. The lowest BCUT2D eigenvalue weighted by Crippen LogP contribution is -2.21. The number of amides is 1. The van der Waals surface area contributed by atoms with E-state index in [2.05, 4.69) is 5.32 Å². The molecule has 2 rings (SSSR count). The predicted octanol–water partition coefficient (Wildman–Crippen LogP) is 3.28. The van der Waals surface area contributed by atoms with Gasteiger partial charge in [0.15, 0.2) is 18.1 Å². The zero-order valence-electron chi connectivity index (χ0n) is 18.5. The summed E-state index contributed by atoms with van der Waals surface area (Å²) in [6.07, 6.45) is -4.62. The lowest BCUT2D eigenvalue weighted by atomic mass is 10.2. The number of benzene rings is 2. The van der Waals surface area contributed by atoms with Crippen LogP contribution in [0.1, 0.15) is 36.7 Å². The van der Waals surface area contributed by atoms with E-state index in [1.165, 1.54) is 6.07 Å². The van der Waals surface area contributed by atoms with Crippen LogP contribution in [0.4, 0.5) is 18.9 Å². The van der Waals surface area contributed by atoms with Crippen molar-refractivity contribution < 1.29 is 56.1 Å². The van der Waals surface area contributed by atoms with Gasteiger partial charge in [0.25, 0.3) is 5.91 Å². The Hall–Kier alpha value is -4.42. The minimum Gasteiger partial charge on any atom is -0.452 e. The number of esters is 4. The number of alkyl halides is 3. The first-order valence-electron chi connectivity index (χ1n) is 9.63. The van der Waals surface area contributed by atoms with E-state index < -0.39 is 65.4 Å². The molecule has 0 heterocycles. The number of carbonyl (C=O) groups is 5. The number of halogens is 3. The van der Waals surface area contributed by atoms with Crippen molar-refractivity contribution in [2.24, 2.45) is 0 Å². The van der Waals surface area contributed by atoms with Crippen molar-refractivity contribution >= 4 is 35.5 Å². The molecule has 0 bridgehead atoms. The maximum Gasteiger partial charge on any atom is 0.416 e. The zero-order valence-corrected chi connectivity index (χ0v) is 18.5. The molecule has 0 aliphatic rings. The predicted molar refractivity (Wildman–Crippen MR) is 111 cm³/mol. The van der Waals surface area contributed by atoms with E-state index in [0.717, 1.165) is 45.0 Å². The molecular formula is C22H18F3NO9. The first-order valence-corrected chi connectivity index (χ1v) is 9.63. The molecular weight excluding hydrogens is 479 g/mol. The van der Waals surface area contributed by atoms with Gasteiger partial charge in [0, 0.05) is 26.5 Å². The molecule has 1 amide bonds. The molecule has 13 heteroatoms. The second-order valence-electron chi connectivity index (χ2n) is 6.79. The number of hydrogen-bond donors (Lipinski definition) is 1. The Morgan fingerprint density at radius 3 is 1.86 bits per heavy atom. The van der Waals surface area contributed by atoms with Crippen molar-refractivity contribution in [3.63, 3.8) is 0 Å². The number of anilines is 1. The first kappa shape index (κ1) is 26.8. The van der Waals surface area contributed by atoms with Crippen molar-refractivity contribution in [1.29, 1.82) is 0 Å². The average Bonchev–Trinajstić information content (AvgIpc) is 2.72. The van der Waals surface area contributed by atoms with Gasteiger partial charge in [0.2, 0.25) is 5.75 Å². The normalized spacial score (nSPS) is 10.7. The van der Waals surface area contributed by atoms with E-state index in [-0.39, 0.29) is 11.3 Å². The molecule has 0 atom stereocenters. The van der Waals surface area contributed by atoms with E-state index in [1.807, 2.05) is 0 Å². The van der Waals surface area contributed by atoms with Gasteiger partial charge in [0.1, 0.15) is 0 Å². The summed E-state index contributed by atoms with van der Waals surface area (Å²) >= 11 is 0. The van der Waals surface area contributed by atoms with E-state index in [0.29, 0.717) is 6.07 Å². The quantitative estimate of drug-likeness (QED) is 0.452. The second kappa shape index (κ2) is 11.1. The van der Waals surface area contributed by atoms with Crippen molar-refractivity contribution in [2.45, 2.75) is 26.9 Å². The summed E-state index contributed by atoms with van der Waals surface area (Å²) in [5.74, 6) is -6.04. The molecule has 35 heavy (non-hydrogen) atoms. The molecule has 186 valence electrons. The smallest absolute Gasteiger partial charge is 0.416 e. The third-order valence-corrected chi connectivity index (χ3v) is 3.82. The Morgan fingerprint density at radius 2 is 1.37 bits per heavy atom. The van der Waals surface area contributed by atoms with Gasteiger partial charge < -0.3 is 24.3 Å². The maximum atomic E-state index is 12.8. The highest BCUT2D eigenvalue weighted by molar-refractivity contribution is 5.96. The number of nitrogens with one attached hydrogen (secondary N) is 1. The van der Waals surface area contributed by atoms with Crippen molar-refractivity contribution in [3.05, 3.63) is 47.5 Å². The second-order valence-corrected chi connectivity index (χ2v) is 6.79. The van der Waals surface area contributed by atoms with E-state index >= 15 is 0 Å². The average molecular weight is 497 g/mol. The van der Waals surface area contributed by atoms with Gasteiger partial charge in [-0.2, -0.15) is 13.2 Å². The molecule has 0 fully saturated rings. The molecule has 0 unspecified atom stereocenters. The molecule has 0 aromatic heterocycles. The molecule has 0 radical (unpaired) electrons. The third kappa shape index (κ3) is 8.14. The minimum atomic E-state index is -4.62. The SMILES string of the molecule is CC(=O)Oc1cc(C(=O)OCC(=O)Nc2cccc(C(F)(F)F)c2)cc(OC(C)=O)c1OC(C)=O. The fourth-order valence-corrected chi connectivity index (χ4v) is 2.58. The van der Waals surface area contributed by atoms with Crippen molar-refractivity contribution in [1.82, 2.24) is 0 Å². The zero-order chi connectivity index (χ0) is 26.3. The van der Waals surface area contributed by atoms with Gasteiger partial charge >= 0.3 is 30.1 Å². The summed E-state index contributed by atoms with van der Waals surface area (Å²) in [5.41, 5.74) is -1.53. The molecule has 0 spiro atoms. The molecule has 1 N–H and O–H groups in total. The van der Waals surface area contributed by atoms with Crippen LogP contribution in [-0.4, -0.2) is 36.4 Å². The van der Waals surface area contributed by atoms with Crippen LogP contribution in [-0.2, 0) is 30.1 Å². The van der Waals surface area contributed by atoms with Crippen LogP contribution in [0, 0.1) is 0 Å². The summed E-state index contributed by atoms with van der Waals surface area (Å²) < 4.78 is 58.0. The van der Waals surface area contributed by atoms with Crippen LogP contribution in [0.3, 0.4) is 0 Å². The Balaban J connectivity index is 2.22. The van der Waals surface area contributed by atoms with Crippen LogP contribution in [0.25, 0.3) is 0 Å². The molecule has 2 aromatic carbocycles. The van der Waals surface area contributed by atoms with Gasteiger partial charge in [0.05, 0.1) is 11.1 Å². The number of carbonyl (C=O) groups excluding carboxylic acids is 5. The van der Waals surface area contributed by atoms with Gasteiger partial charge in [-0.1, -0.05) is 6.07 Å². The number of rotatable bonds is 7. The van der Waals surface area contributed by atoms with Gasteiger partial charge in [-0.3, -0.25) is 19.2 Å².